The first-order valence-electron chi connectivity index (χ1n) is 6.63. The Kier molecular flexibility index (Phi) is 3.57. The standard InChI is InChI=1S/C14H23NO2/c1-14(2)8-11(7-13(17)9-14)15-10-4-3-5-12(16)6-10/h7,10,12,15-16H,3-6,8-9H2,1-2H3/t10-,12-/m0/s1. The average Bonchev–Trinajstić information content (AvgIpc) is 2.13. The average molecular weight is 237 g/mol. The van der Waals surface area contributed by atoms with Crippen molar-refractivity contribution in [3.05, 3.63) is 11.8 Å². The molecule has 0 amide bonds. The summed E-state index contributed by atoms with van der Waals surface area (Å²) in [5.74, 6) is 0.222. The van der Waals surface area contributed by atoms with Crippen molar-refractivity contribution in [3.8, 4) is 0 Å². The summed E-state index contributed by atoms with van der Waals surface area (Å²) in [7, 11) is 0. The maximum Gasteiger partial charge on any atom is 0.157 e. The van der Waals surface area contributed by atoms with Gasteiger partial charge in [-0.25, -0.2) is 0 Å². The fourth-order valence-electron chi connectivity index (χ4n) is 3.00. The lowest BCUT2D eigenvalue weighted by Gasteiger charge is -2.33. The van der Waals surface area contributed by atoms with Gasteiger partial charge in [0, 0.05) is 24.2 Å². The highest BCUT2D eigenvalue weighted by Gasteiger charge is 2.29. The van der Waals surface area contributed by atoms with Gasteiger partial charge >= 0.3 is 0 Å². The fourth-order valence-corrected chi connectivity index (χ4v) is 3.00. The number of aliphatic hydroxyl groups excluding tert-OH is 1. The van der Waals surface area contributed by atoms with Crippen LogP contribution in [0.4, 0.5) is 0 Å². The summed E-state index contributed by atoms with van der Waals surface area (Å²) in [6.07, 6.45) is 7.07. The van der Waals surface area contributed by atoms with E-state index in [4.69, 9.17) is 0 Å². The van der Waals surface area contributed by atoms with E-state index in [1.54, 1.807) is 6.08 Å². The van der Waals surface area contributed by atoms with Crippen LogP contribution in [-0.2, 0) is 4.79 Å². The van der Waals surface area contributed by atoms with E-state index in [1.165, 1.54) is 0 Å². The number of hydrogen-bond acceptors (Lipinski definition) is 3. The van der Waals surface area contributed by atoms with Crippen LogP contribution >= 0.6 is 0 Å². The highest BCUT2D eigenvalue weighted by atomic mass is 16.3. The molecular formula is C14H23NO2. The van der Waals surface area contributed by atoms with Crippen molar-refractivity contribution in [2.75, 3.05) is 0 Å². The van der Waals surface area contributed by atoms with Gasteiger partial charge in [0.25, 0.3) is 0 Å². The lowest BCUT2D eigenvalue weighted by atomic mass is 9.78. The van der Waals surface area contributed by atoms with E-state index in [2.05, 4.69) is 19.2 Å². The van der Waals surface area contributed by atoms with Crippen LogP contribution in [0, 0.1) is 5.41 Å². The van der Waals surface area contributed by atoms with Gasteiger partial charge in [-0.1, -0.05) is 13.8 Å². The smallest absolute Gasteiger partial charge is 0.157 e. The second-order valence-electron chi connectivity index (χ2n) is 6.32. The van der Waals surface area contributed by atoms with E-state index >= 15 is 0 Å². The molecule has 2 aliphatic carbocycles. The highest BCUT2D eigenvalue weighted by molar-refractivity contribution is 5.91. The molecule has 0 aromatic carbocycles. The molecule has 2 N–H and O–H groups in total. The van der Waals surface area contributed by atoms with Gasteiger partial charge in [-0.2, -0.15) is 0 Å². The van der Waals surface area contributed by atoms with Crippen molar-refractivity contribution in [3.63, 3.8) is 0 Å². The second kappa shape index (κ2) is 4.81. The Morgan fingerprint density at radius 2 is 2.12 bits per heavy atom. The molecule has 0 aromatic rings. The molecule has 2 rings (SSSR count). The normalized spacial score (nSPS) is 33.1. The number of aliphatic hydroxyl groups is 1. The summed E-state index contributed by atoms with van der Waals surface area (Å²) in [5, 5.41) is 13.1. The minimum Gasteiger partial charge on any atom is -0.393 e. The predicted octanol–water partition coefficient (Wildman–Crippen LogP) is 2.15. The zero-order valence-corrected chi connectivity index (χ0v) is 10.8. The molecular weight excluding hydrogens is 214 g/mol. The van der Waals surface area contributed by atoms with Gasteiger partial charge in [-0.05, 0) is 37.5 Å². The van der Waals surface area contributed by atoms with Crippen LogP contribution in [0.3, 0.4) is 0 Å². The SMILES string of the molecule is CC1(C)CC(=O)C=C(N[C@H]2CCC[C@H](O)C2)C1. The Bertz CT molecular complexity index is 333. The van der Waals surface area contributed by atoms with Crippen molar-refractivity contribution in [2.24, 2.45) is 5.41 Å². The second-order valence-corrected chi connectivity index (χ2v) is 6.32. The molecule has 2 aliphatic rings. The third-order valence-corrected chi connectivity index (χ3v) is 3.69. The monoisotopic (exact) mass is 237 g/mol. The zero-order chi connectivity index (χ0) is 12.5. The van der Waals surface area contributed by atoms with E-state index in [0.29, 0.717) is 12.5 Å². The lowest BCUT2D eigenvalue weighted by Crippen LogP contribution is -2.38. The Hall–Kier alpha value is -0.830. The Morgan fingerprint density at radius 3 is 2.76 bits per heavy atom. The first-order chi connectivity index (χ1) is 7.94. The van der Waals surface area contributed by atoms with Crippen molar-refractivity contribution in [1.82, 2.24) is 5.32 Å². The van der Waals surface area contributed by atoms with Crippen molar-refractivity contribution >= 4 is 5.78 Å². The van der Waals surface area contributed by atoms with Crippen LogP contribution in [0.15, 0.2) is 11.8 Å². The topological polar surface area (TPSA) is 49.3 Å². The first-order valence-corrected chi connectivity index (χ1v) is 6.63. The summed E-state index contributed by atoms with van der Waals surface area (Å²) in [6.45, 7) is 4.27. The molecule has 96 valence electrons. The molecule has 0 radical (unpaired) electrons. The minimum atomic E-state index is -0.172. The van der Waals surface area contributed by atoms with E-state index < -0.39 is 0 Å². The first kappa shape index (κ1) is 12.6. The largest absolute Gasteiger partial charge is 0.393 e. The summed E-state index contributed by atoms with van der Waals surface area (Å²) in [5.41, 5.74) is 1.13. The molecule has 1 saturated carbocycles. The van der Waals surface area contributed by atoms with Crippen LogP contribution in [0.5, 0.6) is 0 Å². The van der Waals surface area contributed by atoms with E-state index in [0.717, 1.165) is 37.8 Å². The van der Waals surface area contributed by atoms with Crippen LogP contribution in [0.25, 0.3) is 0 Å². The molecule has 0 spiro atoms. The van der Waals surface area contributed by atoms with Gasteiger partial charge in [0.15, 0.2) is 5.78 Å². The van der Waals surface area contributed by atoms with E-state index in [1.807, 2.05) is 0 Å². The van der Waals surface area contributed by atoms with Crippen LogP contribution in [-0.4, -0.2) is 23.0 Å². The van der Waals surface area contributed by atoms with E-state index in [-0.39, 0.29) is 17.3 Å². The fraction of sp³-hybridized carbons (Fsp3) is 0.786. The summed E-state index contributed by atoms with van der Waals surface area (Å²) < 4.78 is 0. The molecule has 0 unspecified atom stereocenters. The molecule has 2 atom stereocenters. The Balaban J connectivity index is 1.96. The molecule has 1 fully saturated rings. The number of rotatable bonds is 2. The van der Waals surface area contributed by atoms with Crippen LogP contribution < -0.4 is 5.32 Å². The van der Waals surface area contributed by atoms with Gasteiger partial charge in [-0.15, -0.1) is 0 Å². The molecule has 0 aliphatic heterocycles. The van der Waals surface area contributed by atoms with Crippen molar-refractivity contribution < 1.29 is 9.90 Å². The lowest BCUT2D eigenvalue weighted by molar-refractivity contribution is -0.117. The number of ketones is 1. The molecule has 0 aromatic heterocycles. The van der Waals surface area contributed by atoms with Crippen molar-refractivity contribution in [2.45, 2.75) is 64.5 Å². The zero-order valence-electron chi connectivity index (χ0n) is 10.8. The third-order valence-electron chi connectivity index (χ3n) is 3.69. The Labute approximate surface area is 103 Å². The molecule has 17 heavy (non-hydrogen) atoms. The molecule has 0 heterocycles. The van der Waals surface area contributed by atoms with E-state index in [9.17, 15) is 9.90 Å². The summed E-state index contributed by atoms with van der Waals surface area (Å²) >= 11 is 0. The number of carbonyl (C=O) groups excluding carboxylic acids is 1. The summed E-state index contributed by atoms with van der Waals surface area (Å²) in [6, 6.07) is 0.340. The highest BCUT2D eigenvalue weighted by Crippen LogP contribution is 2.33. The van der Waals surface area contributed by atoms with Crippen molar-refractivity contribution in [1.29, 1.82) is 0 Å². The maximum atomic E-state index is 11.6. The van der Waals surface area contributed by atoms with Crippen LogP contribution in [0.1, 0.15) is 52.4 Å². The molecule has 3 heteroatoms. The number of hydrogen-bond donors (Lipinski definition) is 2. The predicted molar refractivity (Wildman–Crippen MR) is 67.5 cm³/mol. The minimum absolute atomic E-state index is 0.0709. The molecule has 0 saturated heterocycles. The van der Waals surface area contributed by atoms with Gasteiger partial charge < -0.3 is 10.4 Å². The van der Waals surface area contributed by atoms with Gasteiger partial charge in [0.2, 0.25) is 0 Å². The number of nitrogens with one attached hydrogen (secondary N) is 1. The van der Waals surface area contributed by atoms with Gasteiger partial charge in [0.1, 0.15) is 0 Å². The molecule has 0 bridgehead atoms. The third kappa shape index (κ3) is 3.56. The number of carbonyl (C=O) groups is 1. The number of allylic oxidation sites excluding steroid dienone is 2. The van der Waals surface area contributed by atoms with Gasteiger partial charge in [-0.3, -0.25) is 4.79 Å². The Morgan fingerprint density at radius 1 is 1.35 bits per heavy atom. The summed E-state index contributed by atoms with van der Waals surface area (Å²) in [4.78, 5) is 11.6. The maximum absolute atomic E-state index is 11.6. The molecule has 3 nitrogen and oxygen atoms in total. The van der Waals surface area contributed by atoms with Gasteiger partial charge in [0.05, 0.1) is 6.10 Å². The van der Waals surface area contributed by atoms with Crippen LogP contribution in [0.2, 0.25) is 0 Å². The quantitative estimate of drug-likeness (QED) is 0.773.